The quantitative estimate of drug-likeness (QED) is 0.372. The number of carbonyl (C=O) groups excluding carboxylic acids is 2. The molecular weight excluding hydrogens is 612 g/mol. The highest BCUT2D eigenvalue weighted by molar-refractivity contribution is 7.93. The molecule has 3 amide bonds. The number of hydrogen-bond acceptors (Lipinski definition) is 10. The summed E-state index contributed by atoms with van der Waals surface area (Å²) in [6.07, 6.45) is 3.31. The minimum absolute atomic E-state index is 0.00754. The lowest BCUT2D eigenvalue weighted by Gasteiger charge is -2.52. The number of benzene rings is 2. The van der Waals surface area contributed by atoms with E-state index in [1.807, 2.05) is 0 Å². The molecule has 2 saturated heterocycles. The first-order valence-electron chi connectivity index (χ1n) is 14.9. The number of sulfonamides is 1. The normalized spacial score (nSPS) is 20.0. The number of likely N-dealkylation sites (tertiary alicyclic amines) is 1. The third-order valence-electron chi connectivity index (χ3n) is 8.90. The van der Waals surface area contributed by atoms with Gasteiger partial charge in [-0.2, -0.15) is 9.57 Å². The Kier molecular flexibility index (Phi) is 7.99. The summed E-state index contributed by atoms with van der Waals surface area (Å²) in [5.41, 5.74) is -1.79. The summed E-state index contributed by atoms with van der Waals surface area (Å²) in [6, 6.07) is 13.0. The molecule has 0 aliphatic carbocycles. The SMILES string of the molecule is CCOc1ncccc1[C@]1(NC(=O)N2CC3(CCNCC3)C2)C(=O)N(S(=O)(=O)c2ccc(OC)cc2OC)c2ccc(C#N)cc21. The predicted octanol–water partition coefficient (Wildman–Crippen LogP) is 2.74. The van der Waals surface area contributed by atoms with Crippen molar-refractivity contribution in [2.45, 2.75) is 30.2 Å². The van der Waals surface area contributed by atoms with Gasteiger partial charge in [-0.3, -0.25) is 4.79 Å². The fraction of sp³-hybridized carbons (Fsp3) is 0.375. The molecule has 0 radical (unpaired) electrons. The average molecular weight is 647 g/mol. The van der Waals surface area contributed by atoms with Crippen LogP contribution in [-0.2, 0) is 20.4 Å². The zero-order valence-corrected chi connectivity index (χ0v) is 26.5. The number of nitrogens with zero attached hydrogens (tertiary/aromatic N) is 4. The summed E-state index contributed by atoms with van der Waals surface area (Å²) in [5, 5.41) is 16.1. The van der Waals surface area contributed by atoms with E-state index in [-0.39, 0.29) is 50.9 Å². The van der Waals surface area contributed by atoms with Crippen LogP contribution >= 0.6 is 0 Å². The Bertz CT molecular complexity index is 1850. The van der Waals surface area contributed by atoms with Crippen molar-refractivity contribution in [1.29, 1.82) is 5.26 Å². The van der Waals surface area contributed by atoms with Crippen molar-refractivity contribution in [2.75, 3.05) is 51.3 Å². The molecule has 1 atom stereocenters. The largest absolute Gasteiger partial charge is 0.497 e. The highest BCUT2D eigenvalue weighted by Gasteiger charge is 2.60. The van der Waals surface area contributed by atoms with E-state index in [1.54, 1.807) is 24.0 Å². The Labute approximate surface area is 267 Å². The molecule has 0 saturated carbocycles. The zero-order valence-electron chi connectivity index (χ0n) is 25.7. The molecule has 3 aliphatic rings. The first-order valence-corrected chi connectivity index (χ1v) is 16.3. The maximum absolute atomic E-state index is 15.0. The highest BCUT2D eigenvalue weighted by Crippen LogP contribution is 2.50. The smallest absolute Gasteiger partial charge is 0.318 e. The van der Waals surface area contributed by atoms with Crippen molar-refractivity contribution in [3.63, 3.8) is 0 Å². The highest BCUT2D eigenvalue weighted by atomic mass is 32.2. The molecule has 46 heavy (non-hydrogen) atoms. The number of piperidine rings is 1. The van der Waals surface area contributed by atoms with Crippen LogP contribution in [0.3, 0.4) is 0 Å². The van der Waals surface area contributed by atoms with Crippen molar-refractivity contribution in [1.82, 2.24) is 20.5 Å². The molecule has 2 fully saturated rings. The summed E-state index contributed by atoms with van der Waals surface area (Å²) < 4.78 is 46.1. The number of methoxy groups -OCH3 is 2. The van der Waals surface area contributed by atoms with Gasteiger partial charge in [-0.25, -0.2) is 18.2 Å². The summed E-state index contributed by atoms with van der Waals surface area (Å²) in [5.74, 6) is -0.656. The molecule has 240 valence electrons. The number of aromatic nitrogens is 1. The lowest BCUT2D eigenvalue weighted by molar-refractivity contribution is -0.121. The van der Waals surface area contributed by atoms with Crippen LogP contribution in [0.25, 0.3) is 0 Å². The van der Waals surface area contributed by atoms with E-state index in [0.717, 1.165) is 25.9 Å². The minimum atomic E-state index is -4.68. The number of carbonyl (C=O) groups is 2. The molecule has 0 bridgehead atoms. The van der Waals surface area contributed by atoms with Gasteiger partial charge >= 0.3 is 6.03 Å². The molecule has 0 unspecified atom stereocenters. The van der Waals surface area contributed by atoms with E-state index < -0.39 is 27.5 Å². The van der Waals surface area contributed by atoms with Gasteiger partial charge in [-0.1, -0.05) is 0 Å². The van der Waals surface area contributed by atoms with Gasteiger partial charge in [0.1, 0.15) is 16.4 Å². The lowest BCUT2D eigenvalue weighted by atomic mass is 9.72. The van der Waals surface area contributed by atoms with Crippen LogP contribution in [0.4, 0.5) is 10.5 Å². The monoisotopic (exact) mass is 646 g/mol. The van der Waals surface area contributed by atoms with Crippen LogP contribution in [0.15, 0.2) is 59.6 Å². The number of pyridine rings is 1. The predicted molar refractivity (Wildman–Crippen MR) is 166 cm³/mol. The Balaban J connectivity index is 1.53. The maximum Gasteiger partial charge on any atom is 0.318 e. The van der Waals surface area contributed by atoms with E-state index in [2.05, 4.69) is 21.7 Å². The van der Waals surface area contributed by atoms with Gasteiger partial charge in [0.2, 0.25) is 5.88 Å². The molecule has 14 heteroatoms. The van der Waals surface area contributed by atoms with Gasteiger partial charge in [0.25, 0.3) is 15.9 Å². The van der Waals surface area contributed by atoms with Gasteiger partial charge in [0.05, 0.1) is 43.7 Å². The average Bonchev–Trinajstić information content (AvgIpc) is 3.31. The van der Waals surface area contributed by atoms with Crippen molar-refractivity contribution in [3.05, 3.63) is 71.4 Å². The fourth-order valence-corrected chi connectivity index (χ4v) is 8.19. The summed E-state index contributed by atoms with van der Waals surface area (Å²) in [4.78, 5) is 34.8. The Morgan fingerprint density at radius 1 is 1.09 bits per heavy atom. The van der Waals surface area contributed by atoms with E-state index in [9.17, 15) is 18.5 Å². The van der Waals surface area contributed by atoms with Crippen molar-refractivity contribution in [3.8, 4) is 23.4 Å². The maximum atomic E-state index is 15.0. The Hall–Kier alpha value is -4.87. The van der Waals surface area contributed by atoms with E-state index in [1.165, 1.54) is 56.8 Å². The number of fused-ring (bicyclic) bond motifs is 1. The molecule has 6 rings (SSSR count). The van der Waals surface area contributed by atoms with E-state index in [0.29, 0.717) is 23.1 Å². The summed E-state index contributed by atoms with van der Waals surface area (Å²) in [7, 11) is -1.93. The van der Waals surface area contributed by atoms with Crippen LogP contribution < -0.4 is 29.1 Å². The number of urea groups is 1. The molecule has 13 nitrogen and oxygen atoms in total. The molecular formula is C32H34N6O7S. The van der Waals surface area contributed by atoms with Crippen LogP contribution in [0, 0.1) is 16.7 Å². The standard InChI is InChI=1S/C32H34N6O7S/c1-4-45-28-23(6-5-13-35-28)32(36-30(40)37-19-31(20-37)11-14-34-15-12-31)24-16-21(18-33)7-9-25(24)38(29(32)39)46(41,42)27-10-8-22(43-2)17-26(27)44-3/h5-10,13,16-17,34H,4,11-12,14-15,19-20H2,1-3H3,(H,36,40)/t32-/m1/s1. The molecule has 2 N–H and O–H groups in total. The topological polar surface area (TPSA) is 163 Å². The second-order valence-electron chi connectivity index (χ2n) is 11.5. The molecule has 2 aromatic carbocycles. The fourth-order valence-electron chi connectivity index (χ4n) is 6.58. The van der Waals surface area contributed by atoms with Crippen LogP contribution in [-0.4, -0.2) is 77.2 Å². The number of nitriles is 1. The lowest BCUT2D eigenvalue weighted by Crippen LogP contribution is -2.66. The van der Waals surface area contributed by atoms with E-state index >= 15 is 4.79 Å². The first-order chi connectivity index (χ1) is 22.1. The molecule has 1 aromatic heterocycles. The van der Waals surface area contributed by atoms with Gasteiger partial charge in [-0.05, 0) is 75.3 Å². The van der Waals surface area contributed by atoms with Crippen molar-refractivity contribution < 1.29 is 32.2 Å². The molecule has 3 aliphatic heterocycles. The van der Waals surface area contributed by atoms with Crippen molar-refractivity contribution >= 4 is 27.6 Å². The Morgan fingerprint density at radius 3 is 2.52 bits per heavy atom. The second kappa shape index (κ2) is 11.8. The van der Waals surface area contributed by atoms with E-state index in [4.69, 9.17) is 14.2 Å². The van der Waals surface area contributed by atoms with Crippen LogP contribution in [0.5, 0.6) is 17.4 Å². The van der Waals surface area contributed by atoms with Crippen LogP contribution in [0.2, 0.25) is 0 Å². The van der Waals surface area contributed by atoms with Gasteiger partial charge < -0.3 is 29.7 Å². The van der Waals surface area contributed by atoms with Crippen molar-refractivity contribution in [2.24, 2.45) is 5.41 Å². The van der Waals surface area contributed by atoms with Gasteiger partial charge in [-0.15, -0.1) is 0 Å². The number of anilines is 1. The number of hydrogen-bond donors (Lipinski definition) is 2. The number of ether oxygens (including phenoxy) is 3. The third kappa shape index (κ3) is 4.87. The number of amides is 3. The zero-order chi connectivity index (χ0) is 32.7. The molecule has 4 heterocycles. The minimum Gasteiger partial charge on any atom is -0.497 e. The number of rotatable bonds is 8. The van der Waals surface area contributed by atoms with Gasteiger partial charge in [0.15, 0.2) is 5.54 Å². The summed E-state index contributed by atoms with van der Waals surface area (Å²) in [6.45, 7) is 4.63. The molecule has 3 aromatic rings. The second-order valence-corrected chi connectivity index (χ2v) is 13.3. The summed E-state index contributed by atoms with van der Waals surface area (Å²) >= 11 is 0. The first kappa shape index (κ1) is 31.1. The van der Waals surface area contributed by atoms with Gasteiger partial charge in [0, 0.05) is 36.3 Å². The van der Waals surface area contributed by atoms with Crippen LogP contribution in [0.1, 0.15) is 36.5 Å². The Morgan fingerprint density at radius 2 is 1.85 bits per heavy atom. The third-order valence-corrected chi connectivity index (χ3v) is 10.6. The molecule has 1 spiro atoms. The number of nitrogens with one attached hydrogen (secondary N) is 2.